The summed E-state index contributed by atoms with van der Waals surface area (Å²) in [4.78, 5) is 34.1. The van der Waals surface area contributed by atoms with Crippen molar-refractivity contribution in [1.29, 1.82) is 0 Å². The molecule has 2 saturated heterocycles. The van der Waals surface area contributed by atoms with Crippen molar-refractivity contribution >= 4 is 23.7 Å². The highest BCUT2D eigenvalue weighted by Gasteiger charge is 2.42. The van der Waals surface area contributed by atoms with Crippen molar-refractivity contribution < 1.29 is 19.4 Å². The minimum atomic E-state index is -0.0459. The Labute approximate surface area is 161 Å². The van der Waals surface area contributed by atoms with Gasteiger partial charge in [-0.3, -0.25) is 4.79 Å². The van der Waals surface area contributed by atoms with E-state index in [0.29, 0.717) is 24.8 Å². The third kappa shape index (κ3) is 8.11. The van der Waals surface area contributed by atoms with Crippen LogP contribution in [-0.2, 0) is 14.6 Å². The van der Waals surface area contributed by atoms with E-state index in [1.807, 2.05) is 18.8 Å². The number of nitrogens with one attached hydrogen (secondary N) is 3. The summed E-state index contributed by atoms with van der Waals surface area (Å²) in [6.45, 7) is 4.06. The fraction of sp³-hybridized carbons (Fsp3) is 0.882. The predicted molar refractivity (Wildman–Crippen MR) is 104 cm³/mol. The van der Waals surface area contributed by atoms with E-state index in [2.05, 4.69) is 27.8 Å². The zero-order chi connectivity index (χ0) is 19.4. The number of nitrogens with zero attached hydrogens (tertiary/aromatic N) is 1. The van der Waals surface area contributed by atoms with Crippen LogP contribution in [0.1, 0.15) is 32.6 Å². The smallest absolute Gasteiger partial charge is 0.315 e. The Balaban J connectivity index is 0.000000765. The van der Waals surface area contributed by atoms with Gasteiger partial charge >= 0.3 is 6.03 Å². The van der Waals surface area contributed by atoms with E-state index >= 15 is 0 Å². The number of carbonyl (C=O) groups excluding carboxylic acids is 2. The fourth-order valence-electron chi connectivity index (χ4n) is 2.84. The van der Waals surface area contributed by atoms with Gasteiger partial charge in [0, 0.05) is 31.0 Å². The van der Waals surface area contributed by atoms with E-state index in [0.717, 1.165) is 31.6 Å². The Kier molecular flexibility index (Phi) is 11.7. The number of thioether (sulfide) groups is 1. The van der Waals surface area contributed by atoms with Gasteiger partial charge in [-0.15, -0.1) is 0 Å². The zero-order valence-electron chi connectivity index (χ0n) is 16.4. The quantitative estimate of drug-likeness (QED) is 0.223. The molecule has 2 rings (SSSR count). The molecule has 0 aromatic carbocycles. The van der Waals surface area contributed by atoms with Gasteiger partial charge in [0.2, 0.25) is 5.91 Å². The molecule has 2 aliphatic rings. The van der Waals surface area contributed by atoms with Gasteiger partial charge in [-0.05, 0) is 26.4 Å². The highest BCUT2D eigenvalue weighted by molar-refractivity contribution is 8.00. The van der Waals surface area contributed by atoms with Crippen molar-refractivity contribution in [2.45, 2.75) is 49.9 Å². The molecule has 3 atom stereocenters. The first-order valence-corrected chi connectivity index (χ1v) is 10.3. The molecule has 0 aromatic rings. The van der Waals surface area contributed by atoms with Crippen molar-refractivity contribution in [2.75, 3.05) is 46.7 Å². The standard InChI is InChI=1S/C14H25N3O4S.C3H9N/c1-17(7-8-21-20-2)12(18)6-4-3-5-11-13-10(9-22-11)15-14(19)16-13;1-3-4-2/h10-11,13H,3-9H2,1-2H3,(H2,15,16,19);4H,3H2,1-2H3. The molecule has 2 fully saturated rings. The van der Waals surface area contributed by atoms with E-state index in [1.165, 1.54) is 7.11 Å². The minimum absolute atomic E-state index is 0.0459. The first kappa shape index (κ1) is 23.0. The van der Waals surface area contributed by atoms with Crippen LogP contribution in [0.25, 0.3) is 0 Å². The Hall–Kier alpha value is -1.03. The second-order valence-corrected chi connectivity index (χ2v) is 7.65. The van der Waals surface area contributed by atoms with E-state index < -0.39 is 0 Å². The topological polar surface area (TPSA) is 91.9 Å². The molecule has 2 aliphatic heterocycles. The SMILES string of the molecule is CCNC.COOCCN(C)C(=O)CCCCC1SCC2NC(=O)NC21. The molecule has 0 aromatic heterocycles. The first-order chi connectivity index (χ1) is 12.5. The molecule has 152 valence electrons. The van der Waals surface area contributed by atoms with Crippen LogP contribution >= 0.6 is 11.8 Å². The molecule has 0 spiro atoms. The number of likely N-dealkylation sites (N-methyl/N-ethyl adjacent to an activating group) is 1. The molecule has 0 saturated carbocycles. The molecule has 2 heterocycles. The lowest BCUT2D eigenvalue weighted by molar-refractivity contribution is -0.272. The summed E-state index contributed by atoms with van der Waals surface area (Å²) in [5.74, 6) is 1.11. The van der Waals surface area contributed by atoms with Crippen molar-refractivity contribution in [3.05, 3.63) is 0 Å². The van der Waals surface area contributed by atoms with Crippen LogP contribution in [0.4, 0.5) is 4.79 Å². The molecule has 8 nitrogen and oxygen atoms in total. The monoisotopic (exact) mass is 390 g/mol. The Morgan fingerprint density at radius 1 is 1.38 bits per heavy atom. The van der Waals surface area contributed by atoms with Crippen LogP contribution in [0.2, 0.25) is 0 Å². The maximum atomic E-state index is 11.9. The van der Waals surface area contributed by atoms with Gasteiger partial charge in [0.1, 0.15) is 0 Å². The van der Waals surface area contributed by atoms with Gasteiger partial charge in [0.15, 0.2) is 0 Å². The maximum Gasteiger partial charge on any atom is 0.315 e. The molecule has 3 N–H and O–H groups in total. The zero-order valence-corrected chi connectivity index (χ0v) is 17.2. The Morgan fingerprint density at radius 2 is 2.12 bits per heavy atom. The van der Waals surface area contributed by atoms with Crippen molar-refractivity contribution in [2.24, 2.45) is 0 Å². The Bertz CT molecular complexity index is 426. The summed E-state index contributed by atoms with van der Waals surface area (Å²) < 4.78 is 0. The van der Waals surface area contributed by atoms with Gasteiger partial charge < -0.3 is 20.9 Å². The number of rotatable bonds is 10. The van der Waals surface area contributed by atoms with E-state index in [9.17, 15) is 9.59 Å². The van der Waals surface area contributed by atoms with E-state index in [-0.39, 0.29) is 24.0 Å². The minimum Gasteiger partial charge on any atom is -0.343 e. The second-order valence-electron chi connectivity index (χ2n) is 6.38. The molecule has 0 bridgehead atoms. The number of carbonyl (C=O) groups is 2. The maximum absolute atomic E-state index is 11.9. The van der Waals surface area contributed by atoms with Gasteiger partial charge in [-0.2, -0.15) is 11.8 Å². The summed E-state index contributed by atoms with van der Waals surface area (Å²) in [7, 11) is 5.16. The third-order valence-electron chi connectivity index (χ3n) is 4.47. The van der Waals surface area contributed by atoms with Crippen molar-refractivity contribution in [1.82, 2.24) is 20.9 Å². The summed E-state index contributed by atoms with van der Waals surface area (Å²) in [5, 5.41) is 9.33. The van der Waals surface area contributed by atoms with Crippen LogP contribution in [0.3, 0.4) is 0 Å². The van der Waals surface area contributed by atoms with Crippen LogP contribution in [0, 0.1) is 0 Å². The van der Waals surface area contributed by atoms with Crippen molar-refractivity contribution in [3.8, 4) is 0 Å². The summed E-state index contributed by atoms with van der Waals surface area (Å²) in [6, 6.07) is 0.480. The average Bonchev–Trinajstić information content (AvgIpc) is 3.18. The summed E-state index contributed by atoms with van der Waals surface area (Å²) in [5.41, 5.74) is 0. The lowest BCUT2D eigenvalue weighted by Crippen LogP contribution is -2.36. The van der Waals surface area contributed by atoms with Gasteiger partial charge in [0.05, 0.1) is 25.8 Å². The normalized spacial score (nSPS) is 23.5. The molecule has 0 radical (unpaired) electrons. The highest BCUT2D eigenvalue weighted by atomic mass is 32.2. The molecule has 0 aliphatic carbocycles. The average molecular weight is 391 g/mol. The van der Waals surface area contributed by atoms with Crippen LogP contribution in [0.15, 0.2) is 0 Å². The summed E-state index contributed by atoms with van der Waals surface area (Å²) in [6.07, 6.45) is 3.48. The molecule has 26 heavy (non-hydrogen) atoms. The summed E-state index contributed by atoms with van der Waals surface area (Å²) >= 11 is 1.91. The van der Waals surface area contributed by atoms with E-state index in [4.69, 9.17) is 4.89 Å². The fourth-order valence-corrected chi connectivity index (χ4v) is 4.38. The number of hydrogen-bond donors (Lipinski definition) is 3. The number of hydrogen-bond acceptors (Lipinski definition) is 6. The number of unbranched alkanes of at least 4 members (excludes halogenated alkanes) is 1. The molecule has 9 heteroatoms. The number of amides is 3. The lowest BCUT2D eigenvalue weighted by Gasteiger charge is -2.18. The largest absolute Gasteiger partial charge is 0.343 e. The number of urea groups is 1. The Morgan fingerprint density at radius 3 is 2.77 bits per heavy atom. The molecular formula is C17H34N4O4S. The molecular weight excluding hydrogens is 356 g/mol. The lowest BCUT2D eigenvalue weighted by atomic mass is 10.0. The molecule has 3 amide bonds. The first-order valence-electron chi connectivity index (χ1n) is 9.26. The predicted octanol–water partition coefficient (Wildman–Crippen LogP) is 0.974. The van der Waals surface area contributed by atoms with Gasteiger partial charge in [-0.25, -0.2) is 14.6 Å². The van der Waals surface area contributed by atoms with Crippen LogP contribution in [0.5, 0.6) is 0 Å². The van der Waals surface area contributed by atoms with E-state index in [1.54, 1.807) is 11.9 Å². The number of fused-ring (bicyclic) bond motifs is 1. The second kappa shape index (κ2) is 13.2. The van der Waals surface area contributed by atoms with Gasteiger partial charge in [0.25, 0.3) is 0 Å². The highest BCUT2D eigenvalue weighted by Crippen LogP contribution is 2.33. The van der Waals surface area contributed by atoms with Crippen molar-refractivity contribution in [3.63, 3.8) is 0 Å². The van der Waals surface area contributed by atoms with Crippen LogP contribution in [-0.4, -0.2) is 80.8 Å². The van der Waals surface area contributed by atoms with Gasteiger partial charge in [-0.1, -0.05) is 13.3 Å². The third-order valence-corrected chi connectivity index (χ3v) is 5.98. The van der Waals surface area contributed by atoms with Crippen LogP contribution < -0.4 is 16.0 Å². The molecule has 3 unspecified atom stereocenters.